The lowest BCUT2D eigenvalue weighted by atomic mass is 10.2. The van der Waals surface area contributed by atoms with Crippen LogP contribution < -0.4 is 9.80 Å². The monoisotopic (exact) mass is 409 g/mol. The molecule has 1 aliphatic rings. The highest BCUT2D eigenvalue weighted by Crippen LogP contribution is 2.20. The molecule has 0 spiro atoms. The average Bonchev–Trinajstić information content (AvgIpc) is 2.61. The molecule has 0 saturated carbocycles. The van der Waals surface area contributed by atoms with Crippen LogP contribution in [0.2, 0.25) is 5.02 Å². The number of anilines is 2. The molecule has 9 heteroatoms. The van der Waals surface area contributed by atoms with Gasteiger partial charge in [0.1, 0.15) is 5.82 Å². The number of halogens is 1. The van der Waals surface area contributed by atoms with Gasteiger partial charge in [0.15, 0.2) is 0 Å². The molecule has 0 unspecified atom stereocenters. The van der Waals surface area contributed by atoms with Crippen LogP contribution in [0.5, 0.6) is 0 Å². The Labute approximate surface area is 165 Å². The Morgan fingerprint density at radius 2 is 1.81 bits per heavy atom. The van der Waals surface area contributed by atoms with E-state index in [9.17, 15) is 8.42 Å². The van der Waals surface area contributed by atoms with Gasteiger partial charge in [-0.15, -0.1) is 0 Å². The Balaban J connectivity index is 1.68. The Morgan fingerprint density at radius 1 is 1.11 bits per heavy atom. The van der Waals surface area contributed by atoms with E-state index in [0.29, 0.717) is 42.7 Å². The van der Waals surface area contributed by atoms with Gasteiger partial charge in [-0.05, 0) is 24.6 Å². The summed E-state index contributed by atoms with van der Waals surface area (Å²) < 4.78 is 27.0. The summed E-state index contributed by atoms with van der Waals surface area (Å²) in [6.07, 6.45) is 0. The minimum atomic E-state index is -3.39. The molecule has 1 aromatic heterocycles. The van der Waals surface area contributed by atoms with Crippen LogP contribution in [-0.2, 0) is 15.8 Å². The lowest BCUT2D eigenvalue weighted by Gasteiger charge is -2.34. The molecule has 0 atom stereocenters. The molecule has 0 amide bonds. The molecular formula is C18H24ClN5O2S. The Bertz CT molecular complexity index is 912. The number of aryl methyl sites for hydroxylation is 1. The van der Waals surface area contributed by atoms with Crippen LogP contribution >= 0.6 is 11.6 Å². The van der Waals surface area contributed by atoms with Gasteiger partial charge in [-0.3, -0.25) is 0 Å². The molecule has 3 rings (SSSR count). The number of hydrogen-bond acceptors (Lipinski definition) is 6. The standard InChI is InChI=1S/C18H24ClN5O2S/c1-14-11-17(22(2)3)21-18(20-14)23-7-9-24(10-8-23)27(25,26)13-15-5-4-6-16(19)12-15/h4-6,11-12H,7-10,13H2,1-3H3. The quantitative estimate of drug-likeness (QED) is 0.753. The number of hydrogen-bond donors (Lipinski definition) is 0. The first-order valence-electron chi connectivity index (χ1n) is 8.75. The summed E-state index contributed by atoms with van der Waals surface area (Å²) in [5.74, 6) is 1.44. The lowest BCUT2D eigenvalue weighted by molar-refractivity contribution is 0.382. The molecule has 1 fully saturated rings. The maximum Gasteiger partial charge on any atom is 0.227 e. The van der Waals surface area contributed by atoms with Crippen LogP contribution in [0, 0.1) is 6.92 Å². The second-order valence-corrected chi connectivity index (χ2v) is 9.24. The molecule has 0 N–H and O–H groups in total. The summed E-state index contributed by atoms with van der Waals surface area (Å²) in [7, 11) is 0.483. The van der Waals surface area contributed by atoms with Gasteiger partial charge in [0.2, 0.25) is 16.0 Å². The zero-order valence-electron chi connectivity index (χ0n) is 15.8. The van der Waals surface area contributed by atoms with Gasteiger partial charge in [0.05, 0.1) is 5.75 Å². The first-order chi connectivity index (χ1) is 12.7. The van der Waals surface area contributed by atoms with Crippen molar-refractivity contribution in [3.63, 3.8) is 0 Å². The number of nitrogens with zero attached hydrogens (tertiary/aromatic N) is 5. The summed E-state index contributed by atoms with van der Waals surface area (Å²) in [4.78, 5) is 13.1. The maximum absolute atomic E-state index is 12.7. The number of piperazine rings is 1. The van der Waals surface area contributed by atoms with E-state index >= 15 is 0 Å². The van der Waals surface area contributed by atoms with Crippen LogP contribution in [0.15, 0.2) is 30.3 Å². The van der Waals surface area contributed by atoms with Crippen LogP contribution in [-0.4, -0.2) is 63.0 Å². The van der Waals surface area contributed by atoms with Gasteiger partial charge in [0.25, 0.3) is 0 Å². The molecule has 27 heavy (non-hydrogen) atoms. The van der Waals surface area contributed by atoms with E-state index in [4.69, 9.17) is 11.6 Å². The van der Waals surface area contributed by atoms with Gasteiger partial charge < -0.3 is 9.80 Å². The first-order valence-corrected chi connectivity index (χ1v) is 10.7. The van der Waals surface area contributed by atoms with E-state index in [-0.39, 0.29) is 5.75 Å². The molecule has 0 aliphatic carbocycles. The Hall–Kier alpha value is -1.90. The van der Waals surface area contributed by atoms with E-state index in [1.807, 2.05) is 36.9 Å². The number of rotatable bonds is 5. The molecule has 146 valence electrons. The fourth-order valence-electron chi connectivity index (χ4n) is 3.00. The maximum atomic E-state index is 12.7. The highest BCUT2D eigenvalue weighted by molar-refractivity contribution is 7.88. The van der Waals surface area contributed by atoms with Crippen molar-refractivity contribution in [3.8, 4) is 0 Å². The van der Waals surface area contributed by atoms with E-state index in [0.717, 1.165) is 11.5 Å². The summed E-state index contributed by atoms with van der Waals surface area (Å²) in [6, 6.07) is 8.90. The first kappa shape index (κ1) is 19.9. The van der Waals surface area contributed by atoms with Crippen LogP contribution in [0.3, 0.4) is 0 Å². The van der Waals surface area contributed by atoms with Crippen molar-refractivity contribution < 1.29 is 8.42 Å². The van der Waals surface area contributed by atoms with Crippen molar-refractivity contribution in [2.45, 2.75) is 12.7 Å². The average molecular weight is 410 g/mol. The smallest absolute Gasteiger partial charge is 0.227 e. The van der Waals surface area contributed by atoms with E-state index in [1.165, 1.54) is 4.31 Å². The molecule has 2 aromatic rings. The van der Waals surface area contributed by atoms with Gasteiger partial charge in [-0.2, -0.15) is 9.29 Å². The molecular weight excluding hydrogens is 386 g/mol. The third-order valence-electron chi connectivity index (χ3n) is 4.44. The molecule has 7 nitrogen and oxygen atoms in total. The summed E-state index contributed by atoms with van der Waals surface area (Å²) in [6.45, 7) is 3.88. The second-order valence-electron chi connectivity index (χ2n) is 6.83. The highest BCUT2D eigenvalue weighted by atomic mass is 35.5. The molecule has 1 saturated heterocycles. The third-order valence-corrected chi connectivity index (χ3v) is 6.53. The largest absolute Gasteiger partial charge is 0.363 e. The summed E-state index contributed by atoms with van der Waals surface area (Å²) in [5.41, 5.74) is 1.59. The molecule has 1 aromatic carbocycles. The third kappa shape index (κ3) is 4.88. The Kier molecular flexibility index (Phi) is 5.88. The lowest BCUT2D eigenvalue weighted by Crippen LogP contribution is -2.49. The van der Waals surface area contributed by atoms with Crippen molar-refractivity contribution in [3.05, 3.63) is 46.6 Å². The minimum Gasteiger partial charge on any atom is -0.363 e. The van der Waals surface area contributed by atoms with Gasteiger partial charge in [0, 0.05) is 57.1 Å². The zero-order chi connectivity index (χ0) is 19.6. The fraction of sp³-hybridized carbons (Fsp3) is 0.444. The van der Waals surface area contributed by atoms with Gasteiger partial charge in [-0.1, -0.05) is 23.7 Å². The number of aromatic nitrogens is 2. The summed E-state index contributed by atoms with van der Waals surface area (Å²) in [5, 5.41) is 0.542. The van der Waals surface area contributed by atoms with E-state index < -0.39 is 10.0 Å². The van der Waals surface area contributed by atoms with Crippen molar-refractivity contribution >= 4 is 33.4 Å². The topological polar surface area (TPSA) is 69.6 Å². The van der Waals surface area contributed by atoms with Crippen molar-refractivity contribution in [2.24, 2.45) is 0 Å². The molecule has 2 heterocycles. The normalized spacial score (nSPS) is 15.8. The number of sulfonamides is 1. The molecule has 1 aliphatic heterocycles. The highest BCUT2D eigenvalue weighted by Gasteiger charge is 2.28. The molecule has 0 bridgehead atoms. The minimum absolute atomic E-state index is 0.0424. The van der Waals surface area contributed by atoms with E-state index in [2.05, 4.69) is 9.97 Å². The molecule has 0 radical (unpaired) electrons. The van der Waals surface area contributed by atoms with Gasteiger partial charge in [-0.25, -0.2) is 13.4 Å². The SMILES string of the molecule is Cc1cc(N(C)C)nc(N2CCN(S(=O)(=O)Cc3cccc(Cl)c3)CC2)n1. The van der Waals surface area contributed by atoms with Crippen LogP contribution in [0.1, 0.15) is 11.3 Å². The van der Waals surface area contributed by atoms with Crippen LogP contribution in [0.25, 0.3) is 0 Å². The number of benzene rings is 1. The zero-order valence-corrected chi connectivity index (χ0v) is 17.3. The Morgan fingerprint density at radius 3 is 2.44 bits per heavy atom. The van der Waals surface area contributed by atoms with Gasteiger partial charge >= 0.3 is 0 Å². The predicted octanol–water partition coefficient (Wildman–Crippen LogP) is 2.16. The summed E-state index contributed by atoms with van der Waals surface area (Å²) >= 11 is 5.96. The second kappa shape index (κ2) is 8.00. The van der Waals surface area contributed by atoms with Crippen molar-refractivity contribution in [2.75, 3.05) is 50.1 Å². The predicted molar refractivity (Wildman–Crippen MR) is 109 cm³/mol. The fourth-order valence-corrected chi connectivity index (χ4v) is 4.72. The van der Waals surface area contributed by atoms with Crippen molar-refractivity contribution in [1.82, 2.24) is 14.3 Å². The van der Waals surface area contributed by atoms with Crippen LogP contribution in [0.4, 0.5) is 11.8 Å². The van der Waals surface area contributed by atoms with Crippen molar-refractivity contribution in [1.29, 1.82) is 0 Å². The van der Waals surface area contributed by atoms with E-state index in [1.54, 1.807) is 24.3 Å².